The summed E-state index contributed by atoms with van der Waals surface area (Å²) in [6.45, 7) is 6.27. The molecule has 0 aliphatic heterocycles. The zero-order valence-electron chi connectivity index (χ0n) is 16.8. The molecule has 0 rings (SSSR count). The van der Waals surface area contributed by atoms with Crippen LogP contribution in [0.5, 0.6) is 0 Å². The maximum absolute atomic E-state index is 2.41. The molecule has 0 heterocycles. The van der Waals surface area contributed by atoms with Crippen LogP contribution < -0.4 is 0 Å². The van der Waals surface area contributed by atoms with Crippen molar-refractivity contribution in [2.45, 2.75) is 77.6 Å². The Kier molecular flexibility index (Phi) is 12.3. The standard InChI is InChI=1S/C20H46N2/c1-7-8-9-10-11-12-13-14-15-16-19-22(5,6)20-17-18-21(2,3)4/h7-20H2,1-6H3/q+2. The highest BCUT2D eigenvalue weighted by molar-refractivity contribution is 4.48. The van der Waals surface area contributed by atoms with Gasteiger partial charge >= 0.3 is 0 Å². The summed E-state index contributed by atoms with van der Waals surface area (Å²) < 4.78 is 2.30. The highest BCUT2D eigenvalue weighted by atomic mass is 15.3. The highest BCUT2D eigenvalue weighted by Crippen LogP contribution is 2.12. The highest BCUT2D eigenvalue weighted by Gasteiger charge is 2.16. The molecule has 0 aliphatic rings. The van der Waals surface area contributed by atoms with Crippen LogP contribution in [-0.2, 0) is 0 Å². The van der Waals surface area contributed by atoms with Crippen LogP contribution in [0, 0.1) is 0 Å². The topological polar surface area (TPSA) is 0 Å². The second-order valence-corrected chi connectivity index (χ2v) is 8.93. The first kappa shape index (κ1) is 21.9. The molecule has 134 valence electrons. The third-order valence-electron chi connectivity index (χ3n) is 4.71. The van der Waals surface area contributed by atoms with E-state index in [2.05, 4.69) is 42.2 Å². The van der Waals surface area contributed by atoms with Gasteiger partial charge < -0.3 is 8.97 Å². The van der Waals surface area contributed by atoms with E-state index in [1.807, 2.05) is 0 Å². The Morgan fingerprint density at radius 3 is 1.32 bits per heavy atom. The van der Waals surface area contributed by atoms with E-state index in [1.54, 1.807) is 0 Å². The van der Waals surface area contributed by atoms with Crippen molar-refractivity contribution < 1.29 is 8.97 Å². The van der Waals surface area contributed by atoms with Crippen LogP contribution >= 0.6 is 0 Å². The van der Waals surface area contributed by atoms with E-state index in [9.17, 15) is 0 Å². The molecule has 0 unspecified atom stereocenters. The van der Waals surface area contributed by atoms with Gasteiger partial charge in [-0.3, -0.25) is 0 Å². The number of hydrogen-bond acceptors (Lipinski definition) is 0. The van der Waals surface area contributed by atoms with Gasteiger partial charge in [0, 0.05) is 6.42 Å². The Morgan fingerprint density at radius 2 is 0.864 bits per heavy atom. The van der Waals surface area contributed by atoms with Gasteiger partial charge in [0.1, 0.15) is 0 Å². The molecule has 0 fully saturated rings. The van der Waals surface area contributed by atoms with Crippen LogP contribution in [0.4, 0.5) is 0 Å². The first-order valence-electron chi connectivity index (χ1n) is 9.89. The molecule has 2 heteroatoms. The van der Waals surface area contributed by atoms with Gasteiger partial charge in [0.25, 0.3) is 0 Å². The normalized spacial score (nSPS) is 12.8. The van der Waals surface area contributed by atoms with E-state index in [1.165, 1.54) is 94.7 Å². The Bertz CT molecular complexity index is 241. The Balaban J connectivity index is 3.41. The molecule has 0 N–H and O–H groups in total. The van der Waals surface area contributed by atoms with Crippen molar-refractivity contribution in [2.75, 3.05) is 54.9 Å². The second kappa shape index (κ2) is 12.4. The van der Waals surface area contributed by atoms with E-state index in [4.69, 9.17) is 0 Å². The SMILES string of the molecule is CCCCCCCCCCCC[N+](C)(C)CCC[N+](C)(C)C. The maximum Gasteiger partial charge on any atom is 0.0836 e. The van der Waals surface area contributed by atoms with Gasteiger partial charge in [-0.05, 0) is 12.8 Å². The second-order valence-electron chi connectivity index (χ2n) is 8.93. The quantitative estimate of drug-likeness (QED) is 0.292. The van der Waals surface area contributed by atoms with Crippen LogP contribution in [0.2, 0.25) is 0 Å². The monoisotopic (exact) mass is 314 g/mol. The van der Waals surface area contributed by atoms with Crippen molar-refractivity contribution >= 4 is 0 Å². The van der Waals surface area contributed by atoms with Crippen molar-refractivity contribution in [3.8, 4) is 0 Å². The molecule has 0 bridgehead atoms. The van der Waals surface area contributed by atoms with Crippen molar-refractivity contribution in [1.29, 1.82) is 0 Å². The van der Waals surface area contributed by atoms with Gasteiger partial charge in [-0.25, -0.2) is 0 Å². The van der Waals surface area contributed by atoms with Crippen LogP contribution in [-0.4, -0.2) is 63.8 Å². The van der Waals surface area contributed by atoms with Crippen molar-refractivity contribution in [3.05, 3.63) is 0 Å². The summed E-state index contributed by atoms with van der Waals surface area (Å²) in [5.41, 5.74) is 0. The molecule has 2 nitrogen and oxygen atoms in total. The molecule has 0 radical (unpaired) electrons. The summed E-state index contributed by atoms with van der Waals surface area (Å²) in [5.74, 6) is 0. The lowest BCUT2D eigenvalue weighted by Gasteiger charge is -2.31. The minimum Gasteiger partial charge on any atom is -0.331 e. The smallest absolute Gasteiger partial charge is 0.0836 e. The van der Waals surface area contributed by atoms with Gasteiger partial charge in [0.05, 0.1) is 54.9 Å². The summed E-state index contributed by atoms with van der Waals surface area (Å²) in [6, 6.07) is 0. The minimum absolute atomic E-state index is 1.10. The van der Waals surface area contributed by atoms with E-state index < -0.39 is 0 Å². The molecule has 0 saturated carbocycles. The molecule has 0 aromatic rings. The fraction of sp³-hybridized carbons (Fsp3) is 1.00. The summed E-state index contributed by atoms with van der Waals surface area (Å²) >= 11 is 0. The first-order valence-corrected chi connectivity index (χ1v) is 9.89. The minimum atomic E-state index is 1.10. The summed E-state index contributed by atoms with van der Waals surface area (Å²) in [4.78, 5) is 0. The van der Waals surface area contributed by atoms with Crippen molar-refractivity contribution in [2.24, 2.45) is 0 Å². The van der Waals surface area contributed by atoms with Crippen LogP contribution in [0.3, 0.4) is 0 Å². The van der Waals surface area contributed by atoms with Gasteiger partial charge in [0.2, 0.25) is 0 Å². The predicted octanol–water partition coefficient (Wildman–Crippen LogP) is 5.08. The van der Waals surface area contributed by atoms with Crippen LogP contribution in [0.25, 0.3) is 0 Å². The molecular formula is C20H46N2+2. The molecule has 0 aliphatic carbocycles. The molecule has 0 spiro atoms. The number of unbranched alkanes of at least 4 members (excludes halogenated alkanes) is 9. The van der Waals surface area contributed by atoms with Crippen LogP contribution in [0.15, 0.2) is 0 Å². The predicted molar refractivity (Wildman–Crippen MR) is 101 cm³/mol. The lowest BCUT2D eigenvalue weighted by molar-refractivity contribution is -0.902. The van der Waals surface area contributed by atoms with E-state index in [-0.39, 0.29) is 0 Å². The zero-order chi connectivity index (χ0) is 16.9. The first-order chi connectivity index (χ1) is 10.3. The summed E-state index contributed by atoms with van der Waals surface area (Å²) in [6.07, 6.45) is 15.7. The van der Waals surface area contributed by atoms with Gasteiger partial charge in [-0.1, -0.05) is 58.3 Å². The van der Waals surface area contributed by atoms with Crippen molar-refractivity contribution in [1.82, 2.24) is 0 Å². The maximum atomic E-state index is 2.41. The van der Waals surface area contributed by atoms with E-state index in [0.29, 0.717) is 0 Å². The van der Waals surface area contributed by atoms with Crippen molar-refractivity contribution in [3.63, 3.8) is 0 Å². The zero-order valence-corrected chi connectivity index (χ0v) is 16.8. The fourth-order valence-corrected chi connectivity index (χ4v) is 3.11. The van der Waals surface area contributed by atoms with Gasteiger partial charge in [-0.15, -0.1) is 0 Å². The van der Waals surface area contributed by atoms with Gasteiger partial charge in [0.15, 0.2) is 0 Å². The average Bonchev–Trinajstić information content (AvgIpc) is 2.39. The lowest BCUT2D eigenvalue weighted by Crippen LogP contribution is -2.44. The molecule has 22 heavy (non-hydrogen) atoms. The summed E-state index contributed by atoms with van der Waals surface area (Å²) in [7, 11) is 11.7. The number of quaternary nitrogens is 2. The lowest BCUT2D eigenvalue weighted by atomic mass is 10.1. The Morgan fingerprint density at radius 1 is 0.455 bits per heavy atom. The third-order valence-corrected chi connectivity index (χ3v) is 4.71. The Hall–Kier alpha value is -0.0800. The number of rotatable bonds is 15. The average molecular weight is 315 g/mol. The molecule has 0 amide bonds. The molecule has 0 saturated heterocycles. The Labute approximate surface area is 142 Å². The van der Waals surface area contributed by atoms with E-state index >= 15 is 0 Å². The molecule has 0 aromatic heterocycles. The van der Waals surface area contributed by atoms with Gasteiger partial charge in [-0.2, -0.15) is 0 Å². The number of nitrogens with zero attached hydrogens (tertiary/aromatic N) is 2. The molecule has 0 aromatic carbocycles. The third kappa shape index (κ3) is 16.3. The summed E-state index contributed by atoms with van der Waals surface area (Å²) in [5, 5.41) is 0. The fourth-order valence-electron chi connectivity index (χ4n) is 3.11. The molecular weight excluding hydrogens is 268 g/mol. The number of hydrogen-bond donors (Lipinski definition) is 0. The van der Waals surface area contributed by atoms with E-state index in [0.717, 1.165) is 4.48 Å². The molecule has 0 atom stereocenters. The largest absolute Gasteiger partial charge is 0.331 e. The van der Waals surface area contributed by atoms with Crippen LogP contribution in [0.1, 0.15) is 77.6 Å².